The number of benzene rings is 2. The number of aromatic nitrogens is 4. The van der Waals surface area contributed by atoms with Crippen LogP contribution in [-0.2, 0) is 4.79 Å². The molecule has 8 nitrogen and oxygen atoms in total. The Bertz CT molecular complexity index is 1080. The lowest BCUT2D eigenvalue weighted by atomic mass is 9.95. The first kappa shape index (κ1) is 17.7. The molecule has 3 N–H and O–H groups in total. The van der Waals surface area contributed by atoms with Gasteiger partial charge in [-0.15, -0.1) is 0 Å². The topological polar surface area (TPSA) is 105 Å². The Morgan fingerprint density at radius 3 is 2.61 bits per heavy atom. The third kappa shape index (κ3) is 3.09. The van der Waals surface area contributed by atoms with Crippen LogP contribution in [0.4, 0.5) is 11.6 Å². The van der Waals surface area contributed by atoms with Crippen LogP contribution in [0.25, 0.3) is 0 Å². The summed E-state index contributed by atoms with van der Waals surface area (Å²) in [6, 6.07) is 12.0. The predicted octanol–water partition coefficient (Wildman–Crippen LogP) is 2.92. The number of phenolic OH excluding ortho intramolecular Hbond substituents is 1. The monoisotopic (exact) mass is 376 g/mol. The lowest BCUT2D eigenvalue weighted by Gasteiger charge is -2.28. The van der Waals surface area contributed by atoms with Gasteiger partial charge < -0.3 is 15.7 Å². The van der Waals surface area contributed by atoms with Crippen LogP contribution in [0.15, 0.2) is 53.7 Å². The van der Waals surface area contributed by atoms with Gasteiger partial charge in [0.2, 0.25) is 5.95 Å². The zero-order valence-corrected chi connectivity index (χ0v) is 15.8. The molecule has 1 aromatic heterocycles. The van der Waals surface area contributed by atoms with Gasteiger partial charge in [-0.3, -0.25) is 4.79 Å². The lowest BCUT2D eigenvalue weighted by molar-refractivity contribution is -0.113. The number of anilines is 2. The van der Waals surface area contributed by atoms with Gasteiger partial charge in [-0.2, -0.15) is 4.68 Å². The van der Waals surface area contributed by atoms with E-state index < -0.39 is 6.04 Å². The minimum Gasteiger partial charge on any atom is -0.508 e. The number of hydrogen-bond donors (Lipinski definition) is 3. The van der Waals surface area contributed by atoms with Crippen LogP contribution in [-0.4, -0.2) is 31.2 Å². The predicted molar refractivity (Wildman–Crippen MR) is 105 cm³/mol. The SMILES string of the molecule is CC1=C(C(=O)Nc2ccc(C)cc2C)[C@H](c2ccc(O)cc2)n2nnnc2N1. The molecule has 1 aliphatic rings. The third-order valence-electron chi connectivity index (χ3n) is 4.80. The molecule has 0 spiro atoms. The van der Waals surface area contributed by atoms with Crippen LogP contribution in [0.5, 0.6) is 5.75 Å². The van der Waals surface area contributed by atoms with Crippen molar-refractivity contribution < 1.29 is 9.90 Å². The van der Waals surface area contributed by atoms with Crippen LogP contribution >= 0.6 is 0 Å². The second-order valence-corrected chi connectivity index (χ2v) is 6.88. The highest BCUT2D eigenvalue weighted by molar-refractivity contribution is 6.06. The van der Waals surface area contributed by atoms with E-state index in [1.807, 2.05) is 39.0 Å². The van der Waals surface area contributed by atoms with Crippen molar-refractivity contribution in [3.8, 4) is 5.75 Å². The summed E-state index contributed by atoms with van der Waals surface area (Å²) in [6.07, 6.45) is 0. The number of nitrogens with one attached hydrogen (secondary N) is 2. The van der Waals surface area contributed by atoms with Crippen molar-refractivity contribution in [1.29, 1.82) is 0 Å². The number of aromatic hydroxyl groups is 1. The molecule has 1 aliphatic heterocycles. The molecule has 1 atom stereocenters. The first-order valence-corrected chi connectivity index (χ1v) is 8.87. The Labute approximate surface area is 161 Å². The van der Waals surface area contributed by atoms with Crippen LogP contribution in [0.3, 0.4) is 0 Å². The van der Waals surface area contributed by atoms with Gasteiger partial charge in [-0.05, 0) is 60.5 Å². The Kier molecular flexibility index (Phi) is 4.31. The van der Waals surface area contributed by atoms with Crippen LogP contribution in [0, 0.1) is 13.8 Å². The number of carbonyl (C=O) groups excluding carboxylic acids is 1. The molecule has 1 amide bonds. The number of rotatable bonds is 3. The van der Waals surface area contributed by atoms with Crippen molar-refractivity contribution >= 4 is 17.5 Å². The van der Waals surface area contributed by atoms with Crippen molar-refractivity contribution in [3.63, 3.8) is 0 Å². The number of allylic oxidation sites excluding steroid dienone is 1. The summed E-state index contributed by atoms with van der Waals surface area (Å²) in [5.41, 5.74) is 4.83. The molecule has 0 bridgehead atoms. The van der Waals surface area contributed by atoms with Crippen LogP contribution in [0.2, 0.25) is 0 Å². The summed E-state index contributed by atoms with van der Waals surface area (Å²) in [6.45, 7) is 5.79. The summed E-state index contributed by atoms with van der Waals surface area (Å²) in [4.78, 5) is 13.3. The summed E-state index contributed by atoms with van der Waals surface area (Å²) in [5, 5.41) is 27.5. The molecule has 3 aromatic rings. The van der Waals surface area contributed by atoms with Gasteiger partial charge in [0.15, 0.2) is 0 Å². The maximum absolute atomic E-state index is 13.3. The molecule has 0 saturated carbocycles. The molecular formula is C20H20N6O2. The van der Waals surface area contributed by atoms with Gasteiger partial charge in [-0.1, -0.05) is 34.9 Å². The second kappa shape index (κ2) is 6.80. The Morgan fingerprint density at radius 2 is 1.89 bits per heavy atom. The van der Waals surface area contributed by atoms with Gasteiger partial charge in [0, 0.05) is 11.4 Å². The average molecular weight is 376 g/mol. The van der Waals surface area contributed by atoms with Crippen molar-refractivity contribution in [2.75, 3.05) is 10.6 Å². The molecule has 8 heteroatoms. The fourth-order valence-electron chi connectivity index (χ4n) is 3.41. The highest BCUT2D eigenvalue weighted by Crippen LogP contribution is 2.35. The minimum atomic E-state index is -0.516. The second-order valence-electron chi connectivity index (χ2n) is 6.88. The first-order valence-electron chi connectivity index (χ1n) is 8.87. The number of nitrogens with zero attached hydrogens (tertiary/aromatic N) is 4. The molecule has 0 fully saturated rings. The van der Waals surface area contributed by atoms with Gasteiger partial charge in [0.25, 0.3) is 5.91 Å². The van der Waals surface area contributed by atoms with Gasteiger partial charge in [-0.25, -0.2) is 0 Å². The normalized spacial score (nSPS) is 15.8. The number of tetrazole rings is 1. The highest BCUT2D eigenvalue weighted by Gasteiger charge is 2.34. The van der Waals surface area contributed by atoms with Gasteiger partial charge in [0.1, 0.15) is 11.8 Å². The molecule has 2 heterocycles. The zero-order valence-electron chi connectivity index (χ0n) is 15.8. The average Bonchev–Trinajstić information content (AvgIpc) is 3.11. The zero-order chi connectivity index (χ0) is 19.8. The Morgan fingerprint density at radius 1 is 1.14 bits per heavy atom. The first-order chi connectivity index (χ1) is 13.4. The number of aryl methyl sites for hydroxylation is 2. The van der Waals surface area contributed by atoms with E-state index in [1.165, 1.54) is 0 Å². The Balaban J connectivity index is 1.76. The maximum atomic E-state index is 13.3. The molecular weight excluding hydrogens is 356 g/mol. The number of fused-ring (bicyclic) bond motifs is 1. The van der Waals surface area contributed by atoms with E-state index in [9.17, 15) is 9.90 Å². The highest BCUT2D eigenvalue weighted by atomic mass is 16.3. The molecule has 0 unspecified atom stereocenters. The van der Waals surface area contributed by atoms with Crippen LogP contribution in [0.1, 0.15) is 29.7 Å². The summed E-state index contributed by atoms with van der Waals surface area (Å²) < 4.78 is 1.57. The quantitative estimate of drug-likeness (QED) is 0.649. The van der Waals surface area contributed by atoms with E-state index in [0.29, 0.717) is 17.2 Å². The largest absolute Gasteiger partial charge is 0.508 e. The summed E-state index contributed by atoms with van der Waals surface area (Å²) in [5.74, 6) is 0.367. The molecule has 4 rings (SSSR count). The Hall–Kier alpha value is -3.68. The minimum absolute atomic E-state index is 0.150. The van der Waals surface area contributed by atoms with Crippen molar-refractivity contribution in [3.05, 3.63) is 70.4 Å². The number of hydrogen-bond acceptors (Lipinski definition) is 6. The summed E-state index contributed by atoms with van der Waals surface area (Å²) in [7, 11) is 0. The number of phenols is 1. The van der Waals surface area contributed by atoms with Gasteiger partial charge >= 0.3 is 0 Å². The van der Waals surface area contributed by atoms with E-state index in [1.54, 1.807) is 28.9 Å². The standard InChI is InChI=1S/C20H20N6O2/c1-11-4-9-16(12(2)10-11)22-19(28)17-13(3)21-20-23-24-25-26(20)18(17)14-5-7-15(27)8-6-14/h4-10,18,27H,1-3H3,(H,22,28)(H,21,23,25)/t18-/m0/s1. The number of amides is 1. The lowest BCUT2D eigenvalue weighted by Crippen LogP contribution is -2.31. The van der Waals surface area contributed by atoms with Gasteiger partial charge in [0.05, 0.1) is 5.57 Å². The van der Waals surface area contributed by atoms with E-state index in [2.05, 4.69) is 26.2 Å². The fraction of sp³-hybridized carbons (Fsp3) is 0.200. The van der Waals surface area contributed by atoms with Crippen molar-refractivity contribution in [2.45, 2.75) is 26.8 Å². The molecule has 2 aromatic carbocycles. The molecule has 0 aliphatic carbocycles. The van der Waals surface area contributed by atoms with E-state index in [4.69, 9.17) is 0 Å². The maximum Gasteiger partial charge on any atom is 0.255 e. The molecule has 142 valence electrons. The smallest absolute Gasteiger partial charge is 0.255 e. The van der Waals surface area contributed by atoms with E-state index in [-0.39, 0.29) is 11.7 Å². The molecule has 28 heavy (non-hydrogen) atoms. The molecule has 0 saturated heterocycles. The third-order valence-corrected chi connectivity index (χ3v) is 4.80. The van der Waals surface area contributed by atoms with E-state index >= 15 is 0 Å². The number of carbonyl (C=O) groups is 1. The summed E-state index contributed by atoms with van der Waals surface area (Å²) >= 11 is 0. The fourth-order valence-corrected chi connectivity index (χ4v) is 3.41. The van der Waals surface area contributed by atoms with E-state index in [0.717, 1.165) is 22.4 Å². The van der Waals surface area contributed by atoms with Crippen molar-refractivity contribution in [1.82, 2.24) is 20.2 Å². The van der Waals surface area contributed by atoms with Crippen molar-refractivity contribution in [2.24, 2.45) is 0 Å². The van der Waals surface area contributed by atoms with Crippen LogP contribution < -0.4 is 10.6 Å². The molecule has 0 radical (unpaired) electrons.